The lowest BCUT2D eigenvalue weighted by Gasteiger charge is -2.30. The molecule has 2 aliphatic rings. The highest BCUT2D eigenvalue weighted by molar-refractivity contribution is 7.80. The van der Waals surface area contributed by atoms with E-state index in [2.05, 4.69) is 23.0 Å². The number of benzene rings is 2. The number of nitrogens with zero attached hydrogens (tertiary/aromatic N) is 3. The normalized spacial score (nSPS) is 22.3. The lowest BCUT2D eigenvalue weighted by atomic mass is 9.97. The molecule has 0 saturated carbocycles. The number of carbonyl (C=O) groups is 1. The minimum absolute atomic E-state index is 0.0379. The highest BCUT2D eigenvalue weighted by atomic mass is 32.1. The molecule has 178 valence electrons. The van der Waals surface area contributed by atoms with Crippen LogP contribution >= 0.6 is 12.6 Å². The molecule has 3 N–H and O–H groups in total. The van der Waals surface area contributed by atoms with Crippen LogP contribution in [0.4, 0.5) is 0 Å². The largest absolute Gasteiger partial charge is 0.508 e. The Labute approximate surface area is 200 Å². The van der Waals surface area contributed by atoms with Crippen molar-refractivity contribution in [2.45, 2.75) is 38.0 Å². The zero-order valence-electron chi connectivity index (χ0n) is 19.2. The summed E-state index contributed by atoms with van der Waals surface area (Å²) in [6, 6.07) is 10.8. The van der Waals surface area contributed by atoms with Gasteiger partial charge >= 0.3 is 0 Å². The minimum atomic E-state index is -0.596. The van der Waals surface area contributed by atoms with E-state index < -0.39 is 11.7 Å². The highest BCUT2D eigenvalue weighted by Gasteiger charge is 2.41. The molecule has 8 nitrogen and oxygen atoms in total. The predicted octanol–water partition coefficient (Wildman–Crippen LogP) is 2.86. The molecule has 1 amide bonds. The molecule has 9 heteroatoms. The Morgan fingerprint density at radius 3 is 2.61 bits per heavy atom. The van der Waals surface area contributed by atoms with E-state index in [1.165, 1.54) is 6.07 Å². The number of rotatable bonds is 5. The van der Waals surface area contributed by atoms with Gasteiger partial charge in [-0.05, 0) is 35.2 Å². The van der Waals surface area contributed by atoms with Crippen LogP contribution in [0.15, 0.2) is 36.4 Å². The fourth-order valence-corrected chi connectivity index (χ4v) is 4.88. The summed E-state index contributed by atoms with van der Waals surface area (Å²) in [5.74, 6) is -0.177. The summed E-state index contributed by atoms with van der Waals surface area (Å²) in [6.45, 7) is 7.89. The number of thiol groups is 1. The first-order chi connectivity index (χ1) is 15.8. The Kier molecular flexibility index (Phi) is 7.16. The van der Waals surface area contributed by atoms with E-state index in [1.807, 2.05) is 32.0 Å². The van der Waals surface area contributed by atoms with E-state index in [4.69, 9.17) is 4.74 Å². The van der Waals surface area contributed by atoms with Crippen LogP contribution in [0.25, 0.3) is 0 Å². The van der Waals surface area contributed by atoms with Gasteiger partial charge in [-0.25, -0.2) is 10.4 Å². The summed E-state index contributed by atoms with van der Waals surface area (Å²) in [7, 11) is 1.80. The molecule has 2 heterocycles. The molecule has 2 saturated heterocycles. The number of hydrazine groups is 1. The summed E-state index contributed by atoms with van der Waals surface area (Å²) < 4.78 is 5.42. The molecule has 0 bridgehead atoms. The van der Waals surface area contributed by atoms with Gasteiger partial charge < -0.3 is 14.9 Å². The van der Waals surface area contributed by atoms with Crippen LogP contribution < -0.4 is 5.43 Å². The second kappa shape index (κ2) is 9.90. The molecule has 33 heavy (non-hydrogen) atoms. The quantitative estimate of drug-likeness (QED) is 0.498. The van der Waals surface area contributed by atoms with E-state index in [1.54, 1.807) is 29.1 Å². The highest BCUT2D eigenvalue weighted by Crippen LogP contribution is 2.41. The number of amides is 1. The number of carbonyl (C=O) groups excluding carboxylic acids is 1. The van der Waals surface area contributed by atoms with Crippen LogP contribution in [-0.4, -0.2) is 69.8 Å². The first-order valence-electron chi connectivity index (χ1n) is 11.2. The molecule has 0 radical (unpaired) electrons. The molecular weight excluding hydrogens is 440 g/mol. The molecule has 2 fully saturated rings. The molecule has 2 aliphatic heterocycles. The molecular formula is C24H32N4O4S. The zero-order valence-corrected chi connectivity index (χ0v) is 20.1. The van der Waals surface area contributed by atoms with Gasteiger partial charge in [-0.2, -0.15) is 0 Å². The number of phenolic OH excluding ortho intramolecular Hbond substituents is 2. The van der Waals surface area contributed by atoms with Gasteiger partial charge in [0.1, 0.15) is 23.2 Å². The number of hydrogen-bond donors (Lipinski definition) is 4. The summed E-state index contributed by atoms with van der Waals surface area (Å²) in [5, 5.41) is 22.7. The Hall–Kier alpha value is -2.30. The average molecular weight is 473 g/mol. The number of aromatic hydroxyl groups is 2. The minimum Gasteiger partial charge on any atom is -0.508 e. The van der Waals surface area contributed by atoms with Crippen LogP contribution in [0.5, 0.6) is 11.5 Å². The van der Waals surface area contributed by atoms with Crippen LogP contribution in [0, 0.1) is 0 Å². The van der Waals surface area contributed by atoms with Crippen molar-refractivity contribution in [2.24, 2.45) is 0 Å². The molecule has 2 aromatic carbocycles. The maximum atomic E-state index is 13.7. The smallest absolute Gasteiger partial charge is 0.257 e. The van der Waals surface area contributed by atoms with E-state index in [0.717, 1.165) is 38.4 Å². The van der Waals surface area contributed by atoms with Gasteiger partial charge in [0.25, 0.3) is 5.91 Å². The molecule has 2 aromatic rings. The number of morpholine rings is 1. The Morgan fingerprint density at radius 1 is 1.18 bits per heavy atom. The van der Waals surface area contributed by atoms with Crippen molar-refractivity contribution in [3.8, 4) is 11.5 Å². The molecule has 2 unspecified atom stereocenters. The summed E-state index contributed by atoms with van der Waals surface area (Å²) in [5.41, 5.74) is 5.42. The topological polar surface area (TPSA) is 88.5 Å². The van der Waals surface area contributed by atoms with Gasteiger partial charge in [0.2, 0.25) is 0 Å². The second-order valence-corrected chi connectivity index (χ2v) is 9.40. The number of nitrogens with one attached hydrogen (secondary N) is 1. The Bertz CT molecular complexity index is 1010. The van der Waals surface area contributed by atoms with Crippen molar-refractivity contribution >= 4 is 18.5 Å². The Balaban J connectivity index is 1.64. The third kappa shape index (κ3) is 4.97. The van der Waals surface area contributed by atoms with E-state index >= 15 is 0 Å². The van der Waals surface area contributed by atoms with Gasteiger partial charge in [-0.1, -0.05) is 26.0 Å². The van der Waals surface area contributed by atoms with Crippen LogP contribution in [-0.2, 0) is 11.3 Å². The maximum absolute atomic E-state index is 13.7. The van der Waals surface area contributed by atoms with Gasteiger partial charge in [0.15, 0.2) is 0 Å². The molecule has 0 spiro atoms. The monoisotopic (exact) mass is 472 g/mol. The van der Waals surface area contributed by atoms with Gasteiger partial charge in [0, 0.05) is 43.9 Å². The van der Waals surface area contributed by atoms with Crippen LogP contribution in [0.2, 0.25) is 0 Å². The van der Waals surface area contributed by atoms with Crippen LogP contribution in [0.1, 0.15) is 53.0 Å². The van der Waals surface area contributed by atoms with Crippen molar-refractivity contribution in [3.05, 3.63) is 58.7 Å². The van der Waals surface area contributed by atoms with Crippen molar-refractivity contribution in [1.29, 1.82) is 0 Å². The van der Waals surface area contributed by atoms with Gasteiger partial charge in [-0.3, -0.25) is 14.6 Å². The maximum Gasteiger partial charge on any atom is 0.257 e. The molecule has 0 aromatic heterocycles. The van der Waals surface area contributed by atoms with Crippen LogP contribution in [0.3, 0.4) is 0 Å². The zero-order chi connectivity index (χ0) is 23.7. The SMILES string of the molecule is CC(C)c1cc(C2N(C)NC(S)N2C(=O)c2cccc(CN3CCOCC3)c2)c(O)cc1O. The summed E-state index contributed by atoms with van der Waals surface area (Å²) >= 11 is 4.60. The van der Waals surface area contributed by atoms with Crippen molar-refractivity contribution in [1.82, 2.24) is 20.2 Å². The standard InChI is InChI=1S/C24H32N4O4S/c1-15(2)18-12-19(21(30)13-20(18)29)22-26(3)25-24(33)28(22)23(31)17-6-4-5-16(11-17)14-27-7-9-32-10-8-27/h4-6,11-13,15,22,24-25,29-30,33H,7-10,14H2,1-3H3. The van der Waals surface area contributed by atoms with Gasteiger partial charge in [0.05, 0.1) is 13.2 Å². The van der Waals surface area contributed by atoms with Crippen molar-refractivity contribution < 1.29 is 19.7 Å². The van der Waals surface area contributed by atoms with E-state index in [9.17, 15) is 15.0 Å². The van der Waals surface area contributed by atoms with E-state index in [0.29, 0.717) is 16.7 Å². The third-order valence-electron chi connectivity index (χ3n) is 6.21. The first kappa shape index (κ1) is 23.8. The van der Waals surface area contributed by atoms with Crippen molar-refractivity contribution in [2.75, 3.05) is 33.4 Å². The van der Waals surface area contributed by atoms with Crippen molar-refractivity contribution in [3.63, 3.8) is 0 Å². The second-order valence-electron chi connectivity index (χ2n) is 8.91. The predicted molar refractivity (Wildman–Crippen MR) is 129 cm³/mol. The fraction of sp³-hybridized carbons (Fsp3) is 0.458. The summed E-state index contributed by atoms with van der Waals surface area (Å²) in [6.07, 6.45) is -0.596. The number of phenols is 2. The molecule has 2 atom stereocenters. The third-order valence-corrected chi connectivity index (χ3v) is 6.57. The van der Waals surface area contributed by atoms with E-state index in [-0.39, 0.29) is 23.3 Å². The first-order valence-corrected chi connectivity index (χ1v) is 11.7. The number of hydrogen-bond acceptors (Lipinski definition) is 8. The average Bonchev–Trinajstić information content (AvgIpc) is 3.07. The summed E-state index contributed by atoms with van der Waals surface area (Å²) in [4.78, 5) is 17.6. The lowest BCUT2D eigenvalue weighted by molar-refractivity contribution is 0.0341. The number of ether oxygens (including phenoxy) is 1. The Morgan fingerprint density at radius 2 is 1.91 bits per heavy atom. The molecule has 4 rings (SSSR count). The fourth-order valence-electron chi connectivity index (χ4n) is 4.47. The molecule has 0 aliphatic carbocycles. The lowest BCUT2D eigenvalue weighted by Crippen LogP contribution is -2.38. The van der Waals surface area contributed by atoms with Gasteiger partial charge in [-0.15, -0.1) is 12.6 Å².